The first-order chi connectivity index (χ1) is 5.08. The lowest BCUT2D eigenvalue weighted by molar-refractivity contribution is 0.0724. The van der Waals surface area contributed by atoms with Gasteiger partial charge in [-0.15, -0.1) is 0 Å². The van der Waals surface area contributed by atoms with E-state index in [1.54, 1.807) is 0 Å². The van der Waals surface area contributed by atoms with Crippen molar-refractivity contribution in [3.8, 4) is 0 Å². The maximum absolute atomic E-state index is 10.9. The molecule has 66 valence electrons. The van der Waals surface area contributed by atoms with E-state index in [0.717, 1.165) is 26.1 Å². The zero-order valence-electron chi connectivity index (χ0n) is 6.75. The van der Waals surface area contributed by atoms with Gasteiger partial charge in [0.15, 0.2) is 0 Å². The van der Waals surface area contributed by atoms with Crippen LogP contribution in [0.5, 0.6) is 0 Å². The van der Waals surface area contributed by atoms with Crippen molar-refractivity contribution in [2.75, 3.05) is 25.2 Å². The van der Waals surface area contributed by atoms with Crippen LogP contribution < -0.4 is 0 Å². The molecule has 1 aliphatic heterocycles. The predicted molar refractivity (Wildman–Crippen MR) is 43.3 cm³/mol. The van der Waals surface area contributed by atoms with E-state index in [1.807, 2.05) is 0 Å². The summed E-state index contributed by atoms with van der Waals surface area (Å²) in [5.74, 6) is 0.662. The molecule has 0 unspecified atom stereocenters. The van der Waals surface area contributed by atoms with Crippen molar-refractivity contribution in [3.63, 3.8) is 0 Å². The summed E-state index contributed by atoms with van der Waals surface area (Å²) >= 11 is 0. The normalized spacial score (nSPS) is 21.9. The maximum Gasteiger partial charge on any atom is 0.147 e. The van der Waals surface area contributed by atoms with Crippen molar-refractivity contribution in [1.82, 2.24) is 0 Å². The molecule has 0 atom stereocenters. The summed E-state index contributed by atoms with van der Waals surface area (Å²) in [5.41, 5.74) is 0. The van der Waals surface area contributed by atoms with Gasteiger partial charge in [-0.2, -0.15) is 0 Å². The molecular formula is C7H14O3S. The van der Waals surface area contributed by atoms with Gasteiger partial charge in [-0.3, -0.25) is 0 Å². The fourth-order valence-corrected chi connectivity index (χ4v) is 2.53. The molecule has 0 aromatic heterocycles. The van der Waals surface area contributed by atoms with Crippen molar-refractivity contribution in [3.05, 3.63) is 0 Å². The summed E-state index contributed by atoms with van der Waals surface area (Å²) in [6.07, 6.45) is 3.09. The van der Waals surface area contributed by atoms with Crippen LogP contribution in [0.1, 0.15) is 12.8 Å². The molecule has 1 aliphatic rings. The van der Waals surface area contributed by atoms with E-state index >= 15 is 0 Å². The van der Waals surface area contributed by atoms with Crippen molar-refractivity contribution >= 4 is 9.84 Å². The molecule has 4 heteroatoms. The Bertz CT molecular complexity index is 202. The number of hydrogen-bond donors (Lipinski definition) is 0. The third-order valence-corrected chi connectivity index (χ3v) is 2.96. The van der Waals surface area contributed by atoms with E-state index < -0.39 is 9.84 Å². The van der Waals surface area contributed by atoms with Crippen LogP contribution >= 0.6 is 0 Å². The highest BCUT2D eigenvalue weighted by Gasteiger charge is 2.17. The van der Waals surface area contributed by atoms with Gasteiger partial charge >= 0.3 is 0 Å². The van der Waals surface area contributed by atoms with E-state index in [1.165, 1.54) is 6.26 Å². The number of sulfone groups is 1. The Hall–Kier alpha value is -0.0900. The zero-order valence-corrected chi connectivity index (χ0v) is 7.56. The largest absolute Gasteiger partial charge is 0.381 e. The number of hydrogen-bond acceptors (Lipinski definition) is 3. The molecule has 1 heterocycles. The quantitative estimate of drug-likeness (QED) is 0.617. The van der Waals surface area contributed by atoms with E-state index in [4.69, 9.17) is 4.74 Å². The van der Waals surface area contributed by atoms with Crippen molar-refractivity contribution in [2.24, 2.45) is 5.92 Å². The summed E-state index contributed by atoms with van der Waals surface area (Å²) in [6, 6.07) is 0. The van der Waals surface area contributed by atoms with Crippen LogP contribution in [0.2, 0.25) is 0 Å². The highest BCUT2D eigenvalue weighted by molar-refractivity contribution is 7.90. The van der Waals surface area contributed by atoms with Crippen LogP contribution in [-0.4, -0.2) is 33.6 Å². The van der Waals surface area contributed by atoms with Gasteiger partial charge in [0, 0.05) is 19.5 Å². The van der Waals surface area contributed by atoms with E-state index in [2.05, 4.69) is 0 Å². The monoisotopic (exact) mass is 178 g/mol. The van der Waals surface area contributed by atoms with Crippen LogP contribution in [0.25, 0.3) is 0 Å². The Labute approximate surface area is 67.7 Å². The van der Waals surface area contributed by atoms with Gasteiger partial charge in [0.05, 0.1) is 5.75 Å². The minimum atomic E-state index is -2.78. The van der Waals surface area contributed by atoms with Crippen LogP contribution in [0, 0.1) is 5.92 Å². The molecule has 0 radical (unpaired) electrons. The average molecular weight is 178 g/mol. The smallest absolute Gasteiger partial charge is 0.147 e. The Kier molecular flexibility index (Phi) is 2.90. The second-order valence-electron chi connectivity index (χ2n) is 3.15. The Morgan fingerprint density at radius 1 is 1.36 bits per heavy atom. The first kappa shape index (κ1) is 9.00. The van der Waals surface area contributed by atoms with Gasteiger partial charge in [0.1, 0.15) is 9.84 Å². The number of rotatable bonds is 2. The lowest BCUT2D eigenvalue weighted by Gasteiger charge is -2.20. The van der Waals surface area contributed by atoms with E-state index in [-0.39, 0.29) is 0 Å². The Morgan fingerprint density at radius 3 is 2.36 bits per heavy atom. The molecule has 11 heavy (non-hydrogen) atoms. The van der Waals surface area contributed by atoms with E-state index in [9.17, 15) is 8.42 Å². The molecule has 3 nitrogen and oxygen atoms in total. The third-order valence-electron chi connectivity index (χ3n) is 1.88. The lowest BCUT2D eigenvalue weighted by Crippen LogP contribution is -2.22. The molecule has 0 saturated carbocycles. The second kappa shape index (κ2) is 3.54. The molecule has 1 saturated heterocycles. The molecule has 0 N–H and O–H groups in total. The second-order valence-corrected chi connectivity index (χ2v) is 5.33. The van der Waals surface area contributed by atoms with Crippen LogP contribution in [0.15, 0.2) is 0 Å². The minimum absolute atomic E-state index is 0.330. The molecule has 0 spiro atoms. The van der Waals surface area contributed by atoms with Crippen LogP contribution in [0.3, 0.4) is 0 Å². The molecule has 0 bridgehead atoms. The molecule has 1 fully saturated rings. The lowest BCUT2D eigenvalue weighted by atomic mass is 10.0. The van der Waals surface area contributed by atoms with Crippen molar-refractivity contribution < 1.29 is 13.2 Å². The van der Waals surface area contributed by atoms with Gasteiger partial charge in [0.25, 0.3) is 0 Å². The molecule has 1 rings (SSSR count). The van der Waals surface area contributed by atoms with Gasteiger partial charge in [0.2, 0.25) is 0 Å². The van der Waals surface area contributed by atoms with Crippen LogP contribution in [0.4, 0.5) is 0 Å². The third kappa shape index (κ3) is 3.72. The molecular weight excluding hydrogens is 164 g/mol. The number of ether oxygens (including phenoxy) is 1. The predicted octanol–water partition coefficient (Wildman–Crippen LogP) is 0.458. The highest BCUT2D eigenvalue weighted by Crippen LogP contribution is 2.15. The van der Waals surface area contributed by atoms with Gasteiger partial charge in [-0.1, -0.05) is 0 Å². The van der Waals surface area contributed by atoms with Gasteiger partial charge < -0.3 is 4.74 Å². The summed E-state index contributed by atoms with van der Waals surface area (Å²) in [4.78, 5) is 0. The van der Waals surface area contributed by atoms with Gasteiger partial charge in [-0.25, -0.2) is 8.42 Å². The zero-order chi connectivity index (χ0) is 8.32. The molecule has 0 aromatic rings. The first-order valence-corrected chi connectivity index (χ1v) is 5.89. The summed E-state index contributed by atoms with van der Waals surface area (Å²) in [7, 11) is -2.78. The Morgan fingerprint density at radius 2 is 1.91 bits per heavy atom. The maximum atomic E-state index is 10.9. The summed E-state index contributed by atoms with van der Waals surface area (Å²) in [6.45, 7) is 1.44. The van der Waals surface area contributed by atoms with Crippen LogP contribution in [-0.2, 0) is 14.6 Å². The average Bonchev–Trinajstić information content (AvgIpc) is 1.85. The van der Waals surface area contributed by atoms with Crippen molar-refractivity contribution in [1.29, 1.82) is 0 Å². The minimum Gasteiger partial charge on any atom is -0.381 e. The van der Waals surface area contributed by atoms with Crippen molar-refractivity contribution in [2.45, 2.75) is 12.8 Å². The highest BCUT2D eigenvalue weighted by atomic mass is 32.2. The fraction of sp³-hybridized carbons (Fsp3) is 1.00. The summed E-state index contributed by atoms with van der Waals surface area (Å²) < 4.78 is 26.8. The standard InChI is InChI=1S/C7H14O3S/c1-11(8,9)6-7-2-4-10-5-3-7/h7H,2-6H2,1H3. The SMILES string of the molecule is CS(=O)(=O)CC1CCOCC1. The molecule has 0 amide bonds. The first-order valence-electron chi connectivity index (χ1n) is 3.83. The molecule has 0 aromatic carbocycles. The Balaban J connectivity index is 2.36. The summed E-state index contributed by atoms with van der Waals surface area (Å²) in [5, 5.41) is 0. The topological polar surface area (TPSA) is 43.4 Å². The molecule has 0 aliphatic carbocycles. The van der Waals surface area contributed by atoms with Gasteiger partial charge in [-0.05, 0) is 18.8 Å². The van der Waals surface area contributed by atoms with E-state index in [0.29, 0.717) is 11.7 Å². The fourth-order valence-electron chi connectivity index (χ4n) is 1.34.